The lowest BCUT2D eigenvalue weighted by Crippen LogP contribution is -2.21. The summed E-state index contributed by atoms with van der Waals surface area (Å²) in [5.41, 5.74) is 4.10. The van der Waals surface area contributed by atoms with Gasteiger partial charge in [0.1, 0.15) is 23.0 Å². The highest BCUT2D eigenvalue weighted by molar-refractivity contribution is 5.71. The third-order valence-corrected chi connectivity index (χ3v) is 7.41. The van der Waals surface area contributed by atoms with E-state index in [0.29, 0.717) is 35.1 Å². The highest BCUT2D eigenvalue weighted by Crippen LogP contribution is 2.32. The van der Waals surface area contributed by atoms with Gasteiger partial charge in [-0.25, -0.2) is 9.97 Å². The molecule has 8 heteroatoms. The van der Waals surface area contributed by atoms with Crippen molar-refractivity contribution in [3.8, 4) is 33.6 Å². The topological polar surface area (TPSA) is 81.4 Å². The van der Waals surface area contributed by atoms with Gasteiger partial charge in [0.25, 0.3) is 0 Å². The number of aromatic amines is 2. The Morgan fingerprint density at radius 3 is 1.28 bits per heavy atom. The molecular formula is C28H30F2N6. The maximum absolute atomic E-state index is 14.6. The molecule has 2 fully saturated rings. The number of imidazole rings is 2. The zero-order chi connectivity index (χ0) is 24.8. The Morgan fingerprint density at radius 2 is 0.944 bits per heavy atom. The molecule has 2 aromatic carbocycles. The Hall–Kier alpha value is -3.36. The van der Waals surface area contributed by atoms with Crippen LogP contribution >= 0.6 is 0 Å². The lowest BCUT2D eigenvalue weighted by molar-refractivity contribution is 0.545. The van der Waals surface area contributed by atoms with Gasteiger partial charge in [0.2, 0.25) is 11.9 Å². The van der Waals surface area contributed by atoms with Crippen LogP contribution in [0.1, 0.15) is 63.3 Å². The standard InChI is InChI=1S/C28H30F2N6/c1-15-3-13-21(31-15)27-33-23(25(29)35-27)19-9-5-17(6-10-19)18-7-11-20(12-8-18)24-26(30)36-28(34-24)22-14-4-16(2)32-22/h5-12,15-16,21-22,31-32H,3-4,13-14H2,1-2H3,(H,33,35)(H,34,36)/t15-,16-,21-,22-/m0/s1. The minimum absolute atomic E-state index is 0.0643. The molecule has 4 atom stereocenters. The second-order valence-corrected chi connectivity index (χ2v) is 10.1. The monoisotopic (exact) mass is 488 g/mol. The zero-order valence-electron chi connectivity index (χ0n) is 20.4. The van der Waals surface area contributed by atoms with E-state index in [-0.39, 0.29) is 12.1 Å². The first-order valence-electron chi connectivity index (χ1n) is 12.7. The van der Waals surface area contributed by atoms with E-state index < -0.39 is 11.9 Å². The number of hydrogen-bond donors (Lipinski definition) is 4. The van der Waals surface area contributed by atoms with Crippen molar-refractivity contribution in [3.63, 3.8) is 0 Å². The molecule has 2 saturated heterocycles. The van der Waals surface area contributed by atoms with E-state index in [1.807, 2.05) is 48.5 Å². The summed E-state index contributed by atoms with van der Waals surface area (Å²) in [7, 11) is 0. The summed E-state index contributed by atoms with van der Waals surface area (Å²) < 4.78 is 29.3. The molecule has 6 nitrogen and oxygen atoms in total. The Kier molecular flexibility index (Phi) is 5.93. The molecule has 2 aliphatic rings. The minimum atomic E-state index is -0.411. The quantitative estimate of drug-likeness (QED) is 0.276. The number of benzene rings is 2. The first-order chi connectivity index (χ1) is 17.4. The number of rotatable bonds is 5. The van der Waals surface area contributed by atoms with Crippen LogP contribution in [0, 0.1) is 11.9 Å². The smallest absolute Gasteiger partial charge is 0.219 e. The van der Waals surface area contributed by atoms with Crippen molar-refractivity contribution in [2.45, 2.75) is 63.7 Å². The van der Waals surface area contributed by atoms with E-state index in [9.17, 15) is 8.78 Å². The van der Waals surface area contributed by atoms with E-state index in [0.717, 1.165) is 47.9 Å². The molecule has 36 heavy (non-hydrogen) atoms. The van der Waals surface area contributed by atoms with E-state index in [1.54, 1.807) is 0 Å². The van der Waals surface area contributed by atoms with Crippen molar-refractivity contribution in [1.82, 2.24) is 30.6 Å². The average molecular weight is 489 g/mol. The first-order valence-corrected chi connectivity index (χ1v) is 12.7. The van der Waals surface area contributed by atoms with Crippen LogP contribution in [0.4, 0.5) is 8.78 Å². The Labute approximate surface area is 209 Å². The molecule has 2 aromatic heterocycles. The number of H-pyrrole nitrogens is 2. The van der Waals surface area contributed by atoms with Gasteiger partial charge in [-0.3, -0.25) is 0 Å². The molecule has 0 saturated carbocycles. The molecule has 6 rings (SSSR count). The van der Waals surface area contributed by atoms with Crippen molar-refractivity contribution in [2.24, 2.45) is 0 Å². The minimum Gasteiger partial charge on any atom is -0.317 e. The Balaban J connectivity index is 1.19. The molecular weight excluding hydrogens is 458 g/mol. The normalized spacial score (nSPS) is 24.0. The third kappa shape index (κ3) is 4.35. The Morgan fingerprint density at radius 1 is 0.583 bits per heavy atom. The Bertz CT molecular complexity index is 1250. The van der Waals surface area contributed by atoms with Crippen LogP contribution in [0.3, 0.4) is 0 Å². The molecule has 0 aliphatic carbocycles. The first kappa shape index (κ1) is 23.1. The van der Waals surface area contributed by atoms with Crippen LogP contribution in [0.2, 0.25) is 0 Å². The van der Waals surface area contributed by atoms with Gasteiger partial charge < -0.3 is 20.6 Å². The fourth-order valence-electron chi connectivity index (χ4n) is 5.38. The molecule has 2 aliphatic heterocycles. The largest absolute Gasteiger partial charge is 0.317 e. The van der Waals surface area contributed by atoms with E-state index in [2.05, 4.69) is 44.4 Å². The summed E-state index contributed by atoms with van der Waals surface area (Å²) >= 11 is 0. The molecule has 0 spiro atoms. The van der Waals surface area contributed by atoms with Crippen LogP contribution in [-0.4, -0.2) is 32.0 Å². The molecule has 0 amide bonds. The number of nitrogens with zero attached hydrogens (tertiary/aromatic N) is 2. The summed E-state index contributed by atoms with van der Waals surface area (Å²) in [6.45, 7) is 4.25. The maximum atomic E-state index is 14.6. The number of halogens is 2. The molecule has 4 N–H and O–H groups in total. The summed E-state index contributed by atoms with van der Waals surface area (Å²) in [6.07, 6.45) is 4.01. The summed E-state index contributed by atoms with van der Waals surface area (Å²) in [5, 5.41) is 6.87. The number of aromatic nitrogens is 4. The second-order valence-electron chi connectivity index (χ2n) is 10.1. The predicted molar refractivity (Wildman–Crippen MR) is 136 cm³/mol. The average Bonchev–Trinajstić information content (AvgIpc) is 3.67. The second kappa shape index (κ2) is 9.26. The van der Waals surface area contributed by atoms with Crippen LogP contribution in [0.25, 0.3) is 33.6 Å². The van der Waals surface area contributed by atoms with Gasteiger partial charge in [0, 0.05) is 23.2 Å². The summed E-state index contributed by atoms with van der Waals surface area (Å²) in [5.74, 6) is 0.481. The number of nitrogens with one attached hydrogen (secondary N) is 4. The summed E-state index contributed by atoms with van der Waals surface area (Å²) in [6, 6.07) is 16.3. The van der Waals surface area contributed by atoms with Crippen molar-refractivity contribution in [2.75, 3.05) is 0 Å². The van der Waals surface area contributed by atoms with Crippen molar-refractivity contribution in [3.05, 3.63) is 72.1 Å². The van der Waals surface area contributed by atoms with Crippen molar-refractivity contribution in [1.29, 1.82) is 0 Å². The maximum Gasteiger partial charge on any atom is 0.219 e. The van der Waals surface area contributed by atoms with Crippen LogP contribution in [0.15, 0.2) is 48.5 Å². The molecule has 4 aromatic rings. The molecule has 4 heterocycles. The van der Waals surface area contributed by atoms with Gasteiger partial charge >= 0.3 is 0 Å². The lowest BCUT2D eigenvalue weighted by Gasteiger charge is -2.08. The highest BCUT2D eigenvalue weighted by atomic mass is 19.1. The van der Waals surface area contributed by atoms with Gasteiger partial charge in [-0.1, -0.05) is 48.5 Å². The van der Waals surface area contributed by atoms with Crippen molar-refractivity contribution < 1.29 is 8.78 Å². The lowest BCUT2D eigenvalue weighted by atomic mass is 10.0. The fourth-order valence-corrected chi connectivity index (χ4v) is 5.38. The van der Waals surface area contributed by atoms with Crippen LogP contribution in [0.5, 0.6) is 0 Å². The zero-order valence-corrected chi connectivity index (χ0v) is 20.4. The summed E-state index contributed by atoms with van der Waals surface area (Å²) in [4.78, 5) is 14.7. The van der Waals surface area contributed by atoms with Gasteiger partial charge in [0.05, 0.1) is 12.1 Å². The van der Waals surface area contributed by atoms with Gasteiger partial charge in [-0.15, -0.1) is 0 Å². The van der Waals surface area contributed by atoms with E-state index >= 15 is 0 Å². The molecule has 186 valence electrons. The molecule has 0 bridgehead atoms. The number of hydrogen-bond acceptors (Lipinski definition) is 4. The molecule has 0 radical (unpaired) electrons. The highest BCUT2D eigenvalue weighted by Gasteiger charge is 2.27. The van der Waals surface area contributed by atoms with Crippen LogP contribution in [-0.2, 0) is 0 Å². The fraction of sp³-hybridized carbons (Fsp3) is 0.357. The molecule has 0 unspecified atom stereocenters. The van der Waals surface area contributed by atoms with E-state index in [4.69, 9.17) is 0 Å². The van der Waals surface area contributed by atoms with E-state index in [1.165, 1.54) is 0 Å². The van der Waals surface area contributed by atoms with Gasteiger partial charge in [0.15, 0.2) is 0 Å². The van der Waals surface area contributed by atoms with Crippen molar-refractivity contribution >= 4 is 0 Å². The third-order valence-electron chi connectivity index (χ3n) is 7.41. The predicted octanol–water partition coefficient (Wildman–Crippen LogP) is 6.04. The SMILES string of the molecule is C[C@H]1CC[C@@H](c2nc(-c3ccc(-c4ccc(-c5nc([C@@H]6CC[C@H](C)N6)[nH]c5F)cc4)cc3)c(F)[nH]2)N1. The van der Waals surface area contributed by atoms with Gasteiger partial charge in [-0.2, -0.15) is 8.78 Å². The van der Waals surface area contributed by atoms with Gasteiger partial charge in [-0.05, 0) is 50.7 Å². The van der Waals surface area contributed by atoms with Crippen LogP contribution < -0.4 is 10.6 Å².